The normalized spacial score (nSPS) is 13.8. The molecule has 2 aromatic carbocycles. The lowest BCUT2D eigenvalue weighted by Crippen LogP contribution is -2.29. The molecule has 0 unspecified atom stereocenters. The van der Waals surface area contributed by atoms with Crippen molar-refractivity contribution in [3.8, 4) is 0 Å². The van der Waals surface area contributed by atoms with Gasteiger partial charge in [0.2, 0.25) is 0 Å². The van der Waals surface area contributed by atoms with Gasteiger partial charge in [0.1, 0.15) is 0 Å². The molecule has 1 heterocycles. The molecule has 0 bridgehead atoms. The number of sulfonamides is 1. The van der Waals surface area contributed by atoms with Crippen LogP contribution in [0, 0.1) is 0 Å². The van der Waals surface area contributed by atoms with Crippen molar-refractivity contribution in [1.29, 1.82) is 0 Å². The highest BCUT2D eigenvalue weighted by atomic mass is 32.2. The SMILES string of the molecule is CCCOC(=O)/C=C/c1ccc(S(=O)(=O)N2CCc3ccccc32)cc1. The Morgan fingerprint density at radius 1 is 1.15 bits per heavy atom. The molecule has 0 amide bonds. The quantitative estimate of drug-likeness (QED) is 0.577. The van der Waals surface area contributed by atoms with Gasteiger partial charge in [-0.1, -0.05) is 37.3 Å². The van der Waals surface area contributed by atoms with Crippen molar-refractivity contribution in [3.05, 3.63) is 65.7 Å². The van der Waals surface area contributed by atoms with Crippen LogP contribution >= 0.6 is 0 Å². The zero-order chi connectivity index (χ0) is 18.6. The Hall–Kier alpha value is -2.60. The molecule has 0 saturated heterocycles. The lowest BCUT2D eigenvalue weighted by atomic mass is 10.2. The summed E-state index contributed by atoms with van der Waals surface area (Å²) in [5.41, 5.74) is 2.52. The first-order valence-electron chi connectivity index (χ1n) is 8.58. The van der Waals surface area contributed by atoms with Gasteiger partial charge in [0.15, 0.2) is 0 Å². The van der Waals surface area contributed by atoms with Crippen LogP contribution in [-0.4, -0.2) is 27.5 Å². The molecule has 0 aromatic heterocycles. The number of hydrogen-bond acceptors (Lipinski definition) is 4. The van der Waals surface area contributed by atoms with Gasteiger partial charge in [-0.2, -0.15) is 0 Å². The number of para-hydroxylation sites is 1. The second-order valence-electron chi connectivity index (χ2n) is 6.03. The van der Waals surface area contributed by atoms with Gasteiger partial charge in [0.25, 0.3) is 10.0 Å². The zero-order valence-corrected chi connectivity index (χ0v) is 15.4. The Morgan fingerprint density at radius 3 is 2.62 bits per heavy atom. The van der Waals surface area contributed by atoms with Crippen LogP contribution in [0.25, 0.3) is 6.08 Å². The van der Waals surface area contributed by atoms with Crippen molar-refractivity contribution in [2.75, 3.05) is 17.5 Å². The minimum Gasteiger partial charge on any atom is -0.463 e. The van der Waals surface area contributed by atoms with Gasteiger partial charge >= 0.3 is 5.97 Å². The van der Waals surface area contributed by atoms with Crippen LogP contribution in [0.4, 0.5) is 5.69 Å². The fourth-order valence-corrected chi connectivity index (χ4v) is 4.35. The Morgan fingerprint density at radius 2 is 1.88 bits per heavy atom. The van der Waals surface area contributed by atoms with Crippen molar-refractivity contribution in [1.82, 2.24) is 0 Å². The van der Waals surface area contributed by atoms with Crippen LogP contribution in [0.15, 0.2) is 59.5 Å². The molecular formula is C20H21NO4S. The summed E-state index contributed by atoms with van der Waals surface area (Å²) >= 11 is 0. The standard InChI is InChI=1S/C20H21NO4S/c1-2-15-25-20(22)12-9-16-7-10-18(11-8-16)26(23,24)21-14-13-17-5-3-4-6-19(17)21/h3-12H,2,13-15H2,1H3/b12-9+. The maximum atomic E-state index is 12.9. The molecule has 2 aromatic rings. The molecule has 1 aliphatic heterocycles. The number of rotatable bonds is 6. The molecule has 0 radical (unpaired) electrons. The molecule has 0 atom stereocenters. The summed E-state index contributed by atoms with van der Waals surface area (Å²) in [5.74, 6) is -0.405. The second-order valence-corrected chi connectivity index (χ2v) is 7.89. The van der Waals surface area contributed by atoms with Gasteiger partial charge in [-0.15, -0.1) is 0 Å². The van der Waals surface area contributed by atoms with E-state index >= 15 is 0 Å². The van der Waals surface area contributed by atoms with E-state index in [1.165, 1.54) is 10.4 Å². The topological polar surface area (TPSA) is 63.7 Å². The van der Waals surface area contributed by atoms with E-state index in [1.807, 2.05) is 31.2 Å². The van der Waals surface area contributed by atoms with Crippen LogP contribution in [0.2, 0.25) is 0 Å². The number of benzene rings is 2. The van der Waals surface area contributed by atoms with Gasteiger partial charge in [-0.25, -0.2) is 13.2 Å². The second kappa shape index (κ2) is 7.74. The van der Waals surface area contributed by atoms with Gasteiger partial charge in [0, 0.05) is 12.6 Å². The third-order valence-electron chi connectivity index (χ3n) is 4.17. The Bertz CT molecular complexity index is 917. The number of carbonyl (C=O) groups excluding carboxylic acids is 1. The summed E-state index contributed by atoms with van der Waals surface area (Å²) < 4.78 is 32.3. The molecule has 0 aliphatic carbocycles. The molecule has 6 heteroatoms. The molecule has 0 fully saturated rings. The van der Waals surface area contributed by atoms with E-state index in [9.17, 15) is 13.2 Å². The fourth-order valence-electron chi connectivity index (χ4n) is 2.85. The summed E-state index contributed by atoms with van der Waals surface area (Å²) in [6.07, 6.45) is 4.44. The fraction of sp³-hybridized carbons (Fsp3) is 0.250. The number of hydrogen-bond donors (Lipinski definition) is 0. The first-order valence-corrected chi connectivity index (χ1v) is 10.0. The monoisotopic (exact) mass is 371 g/mol. The highest BCUT2D eigenvalue weighted by Gasteiger charge is 2.30. The predicted molar refractivity (Wildman–Crippen MR) is 101 cm³/mol. The molecule has 136 valence electrons. The number of esters is 1. The zero-order valence-electron chi connectivity index (χ0n) is 14.6. The van der Waals surface area contributed by atoms with Crippen LogP contribution in [-0.2, 0) is 26.0 Å². The minimum atomic E-state index is -3.59. The molecule has 26 heavy (non-hydrogen) atoms. The van der Waals surface area contributed by atoms with E-state index in [0.717, 1.165) is 29.7 Å². The third-order valence-corrected chi connectivity index (χ3v) is 6.00. The van der Waals surface area contributed by atoms with Gasteiger partial charge in [-0.05, 0) is 48.2 Å². The van der Waals surface area contributed by atoms with E-state index < -0.39 is 16.0 Å². The largest absolute Gasteiger partial charge is 0.463 e. The highest BCUT2D eigenvalue weighted by Crippen LogP contribution is 2.32. The Labute approximate surface area is 154 Å². The van der Waals surface area contributed by atoms with Crippen molar-refractivity contribution in [2.24, 2.45) is 0 Å². The van der Waals surface area contributed by atoms with Crippen LogP contribution in [0.3, 0.4) is 0 Å². The first-order chi connectivity index (χ1) is 12.5. The molecule has 5 nitrogen and oxygen atoms in total. The number of anilines is 1. The van der Waals surface area contributed by atoms with E-state index in [0.29, 0.717) is 13.2 Å². The summed E-state index contributed by atoms with van der Waals surface area (Å²) in [4.78, 5) is 11.7. The maximum Gasteiger partial charge on any atom is 0.330 e. The maximum absolute atomic E-state index is 12.9. The smallest absolute Gasteiger partial charge is 0.330 e. The number of nitrogens with zero attached hydrogens (tertiary/aromatic N) is 1. The summed E-state index contributed by atoms with van der Waals surface area (Å²) in [5, 5.41) is 0. The van der Waals surface area contributed by atoms with E-state index in [-0.39, 0.29) is 4.90 Å². The Kier molecular flexibility index (Phi) is 5.42. The lowest BCUT2D eigenvalue weighted by Gasteiger charge is -2.19. The number of carbonyl (C=O) groups is 1. The minimum absolute atomic E-state index is 0.236. The molecule has 3 rings (SSSR count). The van der Waals surface area contributed by atoms with Crippen LogP contribution in [0.1, 0.15) is 24.5 Å². The van der Waals surface area contributed by atoms with Crippen LogP contribution < -0.4 is 4.31 Å². The first kappa shape index (κ1) is 18.2. The third kappa shape index (κ3) is 3.80. The summed E-state index contributed by atoms with van der Waals surface area (Å²) in [6.45, 7) is 2.76. The molecule has 0 spiro atoms. The van der Waals surface area contributed by atoms with Crippen molar-refractivity contribution < 1.29 is 17.9 Å². The molecular weight excluding hydrogens is 350 g/mol. The average Bonchev–Trinajstić information content (AvgIpc) is 3.10. The molecule has 0 saturated carbocycles. The van der Waals surface area contributed by atoms with Gasteiger partial charge in [-0.3, -0.25) is 4.31 Å². The lowest BCUT2D eigenvalue weighted by molar-refractivity contribution is -0.137. The van der Waals surface area contributed by atoms with Crippen molar-refractivity contribution in [3.63, 3.8) is 0 Å². The summed E-state index contributed by atoms with van der Waals surface area (Å²) in [6, 6.07) is 14.0. The predicted octanol–water partition coefficient (Wildman–Crippen LogP) is 3.40. The number of fused-ring (bicyclic) bond motifs is 1. The van der Waals surface area contributed by atoms with Gasteiger partial charge < -0.3 is 4.74 Å². The summed E-state index contributed by atoms with van der Waals surface area (Å²) in [7, 11) is -3.59. The number of ether oxygens (including phenoxy) is 1. The average molecular weight is 371 g/mol. The van der Waals surface area contributed by atoms with Crippen LogP contribution in [0.5, 0.6) is 0 Å². The van der Waals surface area contributed by atoms with Crippen molar-refractivity contribution in [2.45, 2.75) is 24.7 Å². The van der Waals surface area contributed by atoms with E-state index in [2.05, 4.69) is 0 Å². The Balaban J connectivity index is 1.76. The molecule has 0 N–H and O–H groups in total. The van der Waals surface area contributed by atoms with E-state index in [4.69, 9.17) is 4.74 Å². The highest BCUT2D eigenvalue weighted by molar-refractivity contribution is 7.92. The van der Waals surface area contributed by atoms with Crippen molar-refractivity contribution >= 4 is 27.8 Å². The van der Waals surface area contributed by atoms with Gasteiger partial charge in [0.05, 0.1) is 17.2 Å². The van der Waals surface area contributed by atoms with E-state index in [1.54, 1.807) is 30.3 Å². The molecule has 1 aliphatic rings.